The Morgan fingerprint density at radius 3 is 2.76 bits per heavy atom. The van der Waals surface area contributed by atoms with Crippen LogP contribution in [-0.2, 0) is 6.54 Å². The van der Waals surface area contributed by atoms with Crippen molar-refractivity contribution in [1.82, 2.24) is 19.7 Å². The zero-order chi connectivity index (χ0) is 17.2. The van der Waals surface area contributed by atoms with Gasteiger partial charge in [-0.3, -0.25) is 9.67 Å². The first-order chi connectivity index (χ1) is 12.2. The van der Waals surface area contributed by atoms with Crippen molar-refractivity contribution in [3.05, 3.63) is 76.6 Å². The van der Waals surface area contributed by atoms with E-state index in [0.717, 1.165) is 33.1 Å². The van der Waals surface area contributed by atoms with Crippen molar-refractivity contribution >= 4 is 11.3 Å². The predicted molar refractivity (Wildman–Crippen MR) is 102 cm³/mol. The third-order valence-corrected chi connectivity index (χ3v) is 4.96. The van der Waals surface area contributed by atoms with E-state index in [4.69, 9.17) is 5.10 Å². The highest BCUT2D eigenvalue weighted by Crippen LogP contribution is 2.27. The van der Waals surface area contributed by atoms with Gasteiger partial charge in [0.1, 0.15) is 0 Å². The van der Waals surface area contributed by atoms with Crippen LogP contribution in [0, 0.1) is 13.8 Å². The molecule has 0 unspecified atom stereocenters. The molecule has 1 aromatic carbocycles. The molecule has 4 aromatic rings. The van der Waals surface area contributed by atoms with E-state index < -0.39 is 0 Å². The van der Waals surface area contributed by atoms with Crippen molar-refractivity contribution in [3.63, 3.8) is 0 Å². The molecule has 0 aliphatic rings. The largest absolute Gasteiger partial charge is 0.266 e. The SMILES string of the molecule is Cc1nc(Cn2ccc(-c3cccc(-c4cnccc4C)c3)n2)cs1. The molecule has 0 aliphatic carbocycles. The van der Waals surface area contributed by atoms with Gasteiger partial charge in [-0.15, -0.1) is 11.3 Å². The highest BCUT2D eigenvalue weighted by molar-refractivity contribution is 7.09. The maximum Gasteiger partial charge on any atom is 0.0923 e. The lowest BCUT2D eigenvalue weighted by molar-refractivity contribution is 0.677. The van der Waals surface area contributed by atoms with Gasteiger partial charge in [-0.05, 0) is 43.2 Å². The Morgan fingerprint density at radius 1 is 1.08 bits per heavy atom. The van der Waals surface area contributed by atoms with E-state index in [9.17, 15) is 0 Å². The van der Waals surface area contributed by atoms with E-state index >= 15 is 0 Å². The number of hydrogen-bond acceptors (Lipinski definition) is 4. The fourth-order valence-electron chi connectivity index (χ4n) is 2.86. The van der Waals surface area contributed by atoms with Crippen molar-refractivity contribution in [2.45, 2.75) is 20.4 Å². The Balaban J connectivity index is 1.62. The predicted octanol–water partition coefficient (Wildman–Crippen LogP) is 4.73. The number of aromatic nitrogens is 4. The fourth-order valence-corrected chi connectivity index (χ4v) is 3.47. The molecule has 0 bridgehead atoms. The number of hydrogen-bond donors (Lipinski definition) is 0. The van der Waals surface area contributed by atoms with Crippen LogP contribution < -0.4 is 0 Å². The zero-order valence-electron chi connectivity index (χ0n) is 14.2. The summed E-state index contributed by atoms with van der Waals surface area (Å²) in [7, 11) is 0. The fraction of sp³-hybridized carbons (Fsp3) is 0.150. The van der Waals surface area contributed by atoms with Crippen LogP contribution in [0.4, 0.5) is 0 Å². The highest BCUT2D eigenvalue weighted by Gasteiger charge is 2.07. The molecule has 0 fully saturated rings. The van der Waals surface area contributed by atoms with Crippen molar-refractivity contribution in [2.75, 3.05) is 0 Å². The highest BCUT2D eigenvalue weighted by atomic mass is 32.1. The van der Waals surface area contributed by atoms with E-state index in [0.29, 0.717) is 6.54 Å². The molecule has 0 N–H and O–H groups in total. The number of thiazole rings is 1. The van der Waals surface area contributed by atoms with Gasteiger partial charge in [0, 0.05) is 35.1 Å². The van der Waals surface area contributed by atoms with Crippen LogP contribution in [0.2, 0.25) is 0 Å². The van der Waals surface area contributed by atoms with E-state index in [2.05, 4.69) is 52.6 Å². The molecule has 4 rings (SSSR count). The van der Waals surface area contributed by atoms with Gasteiger partial charge in [0.05, 0.1) is 22.9 Å². The van der Waals surface area contributed by atoms with Gasteiger partial charge in [-0.25, -0.2) is 4.98 Å². The minimum absolute atomic E-state index is 0.700. The Morgan fingerprint density at radius 2 is 1.96 bits per heavy atom. The maximum absolute atomic E-state index is 4.71. The smallest absolute Gasteiger partial charge is 0.0923 e. The molecule has 124 valence electrons. The van der Waals surface area contributed by atoms with Crippen LogP contribution in [0.3, 0.4) is 0 Å². The van der Waals surface area contributed by atoms with Gasteiger partial charge in [0.2, 0.25) is 0 Å². The molecule has 0 atom stereocenters. The number of benzene rings is 1. The summed E-state index contributed by atoms with van der Waals surface area (Å²) in [5.74, 6) is 0. The summed E-state index contributed by atoms with van der Waals surface area (Å²) < 4.78 is 1.94. The maximum atomic E-state index is 4.71. The average molecular weight is 346 g/mol. The third kappa shape index (κ3) is 3.37. The number of aryl methyl sites for hydroxylation is 2. The normalized spacial score (nSPS) is 11.0. The van der Waals surface area contributed by atoms with Crippen molar-refractivity contribution in [1.29, 1.82) is 0 Å². The quantitative estimate of drug-likeness (QED) is 0.536. The lowest BCUT2D eigenvalue weighted by Gasteiger charge is -2.06. The molecule has 0 spiro atoms. The molecule has 0 saturated heterocycles. The zero-order valence-corrected chi connectivity index (χ0v) is 15.0. The summed E-state index contributed by atoms with van der Waals surface area (Å²) in [6, 6.07) is 12.5. The molecular weight excluding hydrogens is 328 g/mol. The number of rotatable bonds is 4. The summed E-state index contributed by atoms with van der Waals surface area (Å²) in [4.78, 5) is 8.75. The first-order valence-electron chi connectivity index (χ1n) is 8.15. The molecule has 0 saturated carbocycles. The second-order valence-corrected chi connectivity index (χ2v) is 7.09. The molecule has 25 heavy (non-hydrogen) atoms. The Labute approximate surface area is 150 Å². The standard InChI is InChI=1S/C20H18N4S/c1-14-6-8-21-11-19(14)16-4-3-5-17(10-16)20-7-9-24(23-20)12-18-13-25-15(2)22-18/h3-11,13H,12H2,1-2H3. The molecule has 0 amide bonds. The van der Waals surface area contributed by atoms with Gasteiger partial charge in [-0.1, -0.05) is 18.2 Å². The van der Waals surface area contributed by atoms with Gasteiger partial charge >= 0.3 is 0 Å². The Bertz CT molecular complexity index is 1020. The minimum atomic E-state index is 0.700. The first kappa shape index (κ1) is 15.7. The summed E-state index contributed by atoms with van der Waals surface area (Å²) >= 11 is 1.67. The summed E-state index contributed by atoms with van der Waals surface area (Å²) in [5, 5.41) is 7.88. The number of pyridine rings is 1. The van der Waals surface area contributed by atoms with E-state index in [1.54, 1.807) is 11.3 Å². The van der Waals surface area contributed by atoms with E-state index in [-0.39, 0.29) is 0 Å². The van der Waals surface area contributed by atoms with Crippen LogP contribution in [0.15, 0.2) is 60.4 Å². The average Bonchev–Trinajstić information content (AvgIpc) is 3.25. The monoisotopic (exact) mass is 346 g/mol. The second-order valence-electron chi connectivity index (χ2n) is 6.03. The molecule has 3 heterocycles. The molecule has 4 nitrogen and oxygen atoms in total. The van der Waals surface area contributed by atoms with Gasteiger partial charge in [0.15, 0.2) is 0 Å². The van der Waals surface area contributed by atoms with Gasteiger partial charge < -0.3 is 0 Å². The van der Waals surface area contributed by atoms with E-state index in [1.807, 2.05) is 36.3 Å². The molecule has 3 aromatic heterocycles. The van der Waals surface area contributed by atoms with E-state index in [1.165, 1.54) is 5.56 Å². The molecule has 0 aliphatic heterocycles. The summed E-state index contributed by atoms with van der Waals surface area (Å²) in [5.41, 5.74) is 6.66. The molecular formula is C20H18N4S. The van der Waals surface area contributed by atoms with Crippen molar-refractivity contribution in [2.24, 2.45) is 0 Å². The van der Waals surface area contributed by atoms with Crippen molar-refractivity contribution < 1.29 is 0 Å². The van der Waals surface area contributed by atoms with Crippen molar-refractivity contribution in [3.8, 4) is 22.4 Å². The van der Waals surface area contributed by atoms with Gasteiger partial charge in [-0.2, -0.15) is 5.10 Å². The molecule has 5 heteroatoms. The molecule has 0 radical (unpaired) electrons. The van der Waals surface area contributed by atoms with Gasteiger partial charge in [0.25, 0.3) is 0 Å². The lowest BCUT2D eigenvalue weighted by atomic mass is 10.00. The topological polar surface area (TPSA) is 43.6 Å². The van der Waals surface area contributed by atoms with Crippen LogP contribution in [-0.4, -0.2) is 19.7 Å². The Hall–Kier alpha value is -2.79. The third-order valence-electron chi connectivity index (χ3n) is 4.14. The first-order valence-corrected chi connectivity index (χ1v) is 9.03. The van der Waals surface area contributed by atoms with Crippen LogP contribution >= 0.6 is 11.3 Å². The van der Waals surface area contributed by atoms with Crippen LogP contribution in [0.25, 0.3) is 22.4 Å². The van der Waals surface area contributed by atoms with Crippen LogP contribution in [0.1, 0.15) is 16.3 Å². The summed E-state index contributed by atoms with van der Waals surface area (Å²) in [6.45, 7) is 4.83. The minimum Gasteiger partial charge on any atom is -0.266 e. The lowest BCUT2D eigenvalue weighted by Crippen LogP contribution is -2.00. The summed E-state index contributed by atoms with van der Waals surface area (Å²) in [6.07, 6.45) is 5.74. The van der Waals surface area contributed by atoms with Crippen LogP contribution in [0.5, 0.6) is 0 Å². The Kier molecular flexibility index (Phi) is 4.15. The number of nitrogens with zero attached hydrogens (tertiary/aromatic N) is 4. The second kappa shape index (κ2) is 6.61.